The lowest BCUT2D eigenvalue weighted by atomic mass is 10.4. The zero-order valence-electron chi connectivity index (χ0n) is 11.7. The smallest absolute Gasteiger partial charge is 0.320 e. The van der Waals surface area contributed by atoms with E-state index in [1.54, 1.807) is 0 Å². The maximum Gasteiger partial charge on any atom is 0.320 e. The van der Waals surface area contributed by atoms with E-state index in [9.17, 15) is 4.79 Å². The molecule has 0 unspecified atom stereocenters. The Morgan fingerprint density at radius 1 is 1.17 bits per heavy atom. The molecule has 0 atom stereocenters. The van der Waals surface area contributed by atoms with E-state index in [1.165, 1.54) is 0 Å². The molecule has 1 fully saturated rings. The van der Waals surface area contributed by atoms with Gasteiger partial charge in [0.1, 0.15) is 0 Å². The summed E-state index contributed by atoms with van der Waals surface area (Å²) in [5, 5.41) is 0. The molecule has 1 aliphatic carbocycles. The van der Waals surface area contributed by atoms with Gasteiger partial charge in [0.15, 0.2) is 6.29 Å². The minimum Gasteiger partial charge on any atom is -0.465 e. The number of carbonyl (C=O) groups excluding carboxylic acids is 1. The highest BCUT2D eigenvalue weighted by atomic mass is 16.7. The maximum absolute atomic E-state index is 11.5. The van der Waals surface area contributed by atoms with Crippen LogP contribution < -0.4 is 0 Å². The van der Waals surface area contributed by atoms with Gasteiger partial charge in [0.2, 0.25) is 0 Å². The molecule has 106 valence electrons. The molecule has 0 amide bonds. The first-order chi connectivity index (χ1) is 8.71. The number of nitrogens with zero attached hydrogens (tertiary/aromatic N) is 1. The monoisotopic (exact) mass is 259 g/mol. The summed E-state index contributed by atoms with van der Waals surface area (Å²) in [7, 11) is 0. The summed E-state index contributed by atoms with van der Waals surface area (Å²) in [4.78, 5) is 13.6. The molecular weight excluding hydrogens is 234 g/mol. The van der Waals surface area contributed by atoms with Gasteiger partial charge in [-0.25, -0.2) is 0 Å². The number of ether oxygens (including phenoxy) is 3. The molecule has 0 spiro atoms. The maximum atomic E-state index is 11.5. The first kappa shape index (κ1) is 15.4. The summed E-state index contributed by atoms with van der Waals surface area (Å²) in [6.07, 6.45) is 2.03. The van der Waals surface area contributed by atoms with Crippen LogP contribution >= 0.6 is 0 Å². The summed E-state index contributed by atoms with van der Waals surface area (Å²) >= 11 is 0. The van der Waals surface area contributed by atoms with Gasteiger partial charge in [0.05, 0.1) is 19.7 Å². The predicted octanol–water partition coefficient (Wildman–Crippen LogP) is 1.41. The molecule has 0 aromatic rings. The van der Waals surface area contributed by atoms with Crippen molar-refractivity contribution in [3.8, 4) is 0 Å². The Morgan fingerprint density at radius 2 is 1.78 bits per heavy atom. The lowest BCUT2D eigenvalue weighted by Crippen LogP contribution is -2.40. The average Bonchev–Trinajstić information content (AvgIpc) is 3.13. The average molecular weight is 259 g/mol. The van der Waals surface area contributed by atoms with E-state index in [0.717, 1.165) is 12.8 Å². The summed E-state index contributed by atoms with van der Waals surface area (Å²) in [5.74, 6) is -0.170. The van der Waals surface area contributed by atoms with E-state index in [2.05, 4.69) is 4.90 Å². The van der Waals surface area contributed by atoms with Crippen LogP contribution in [0.2, 0.25) is 0 Å². The van der Waals surface area contributed by atoms with Gasteiger partial charge < -0.3 is 14.2 Å². The standard InChI is InChI=1S/C13H25NO4/c1-4-16-12(15)9-14(11-7-8-11)10-13(17-5-2)18-6-3/h11,13H,4-10H2,1-3H3. The van der Waals surface area contributed by atoms with E-state index >= 15 is 0 Å². The van der Waals surface area contributed by atoms with Gasteiger partial charge in [0.25, 0.3) is 0 Å². The molecule has 5 nitrogen and oxygen atoms in total. The zero-order valence-corrected chi connectivity index (χ0v) is 11.7. The van der Waals surface area contributed by atoms with Gasteiger partial charge in [0, 0.05) is 19.3 Å². The molecule has 1 saturated carbocycles. The van der Waals surface area contributed by atoms with Crippen LogP contribution in [0.4, 0.5) is 0 Å². The minimum absolute atomic E-state index is 0.170. The third kappa shape index (κ3) is 5.80. The first-order valence-electron chi connectivity index (χ1n) is 6.84. The Labute approximate surface area is 109 Å². The molecular formula is C13H25NO4. The molecule has 0 aromatic heterocycles. The fraction of sp³-hybridized carbons (Fsp3) is 0.923. The predicted molar refractivity (Wildman–Crippen MR) is 68.3 cm³/mol. The molecule has 0 radical (unpaired) electrons. The number of carbonyl (C=O) groups is 1. The molecule has 0 heterocycles. The highest BCUT2D eigenvalue weighted by molar-refractivity contribution is 5.71. The Bertz CT molecular complexity index is 237. The SMILES string of the molecule is CCOC(=O)CN(CC(OCC)OCC)C1CC1. The van der Waals surface area contributed by atoms with Gasteiger partial charge in [-0.1, -0.05) is 0 Å². The van der Waals surface area contributed by atoms with Crippen molar-refractivity contribution in [1.82, 2.24) is 4.90 Å². The lowest BCUT2D eigenvalue weighted by molar-refractivity contribution is -0.156. The Kier molecular flexibility index (Phi) is 7.23. The summed E-state index contributed by atoms with van der Waals surface area (Å²) < 4.78 is 16.0. The second-order valence-corrected chi connectivity index (χ2v) is 4.31. The second-order valence-electron chi connectivity index (χ2n) is 4.31. The molecule has 0 bridgehead atoms. The lowest BCUT2D eigenvalue weighted by Gasteiger charge is -2.26. The molecule has 5 heteroatoms. The van der Waals surface area contributed by atoms with Crippen molar-refractivity contribution in [2.75, 3.05) is 32.9 Å². The number of hydrogen-bond donors (Lipinski definition) is 0. The van der Waals surface area contributed by atoms with Crippen LogP contribution in [0.5, 0.6) is 0 Å². The van der Waals surface area contributed by atoms with Crippen LogP contribution in [0, 0.1) is 0 Å². The molecule has 1 aliphatic rings. The zero-order chi connectivity index (χ0) is 13.4. The van der Waals surface area contributed by atoms with Gasteiger partial charge in [-0.05, 0) is 33.6 Å². The molecule has 0 aliphatic heterocycles. The van der Waals surface area contributed by atoms with E-state index in [1.807, 2.05) is 20.8 Å². The fourth-order valence-electron chi connectivity index (χ4n) is 1.87. The summed E-state index contributed by atoms with van der Waals surface area (Å²) in [5.41, 5.74) is 0. The second kappa shape index (κ2) is 8.45. The van der Waals surface area contributed by atoms with Crippen LogP contribution in [-0.2, 0) is 19.0 Å². The molecule has 0 saturated heterocycles. The third-order valence-corrected chi connectivity index (χ3v) is 2.79. The van der Waals surface area contributed by atoms with E-state index in [-0.39, 0.29) is 12.3 Å². The normalized spacial score (nSPS) is 15.4. The molecule has 0 N–H and O–H groups in total. The third-order valence-electron chi connectivity index (χ3n) is 2.79. The minimum atomic E-state index is -0.255. The summed E-state index contributed by atoms with van der Waals surface area (Å²) in [6.45, 7) is 8.32. The van der Waals surface area contributed by atoms with Crippen LogP contribution in [-0.4, -0.2) is 56.1 Å². The van der Waals surface area contributed by atoms with Crippen molar-refractivity contribution in [3.05, 3.63) is 0 Å². The molecule has 1 rings (SSSR count). The number of hydrogen-bond acceptors (Lipinski definition) is 5. The van der Waals surface area contributed by atoms with Crippen molar-refractivity contribution >= 4 is 5.97 Å². The molecule has 18 heavy (non-hydrogen) atoms. The highest BCUT2D eigenvalue weighted by Crippen LogP contribution is 2.27. The van der Waals surface area contributed by atoms with Crippen molar-refractivity contribution in [3.63, 3.8) is 0 Å². The van der Waals surface area contributed by atoms with Gasteiger partial charge in [-0.3, -0.25) is 9.69 Å². The van der Waals surface area contributed by atoms with E-state index < -0.39 is 0 Å². The van der Waals surface area contributed by atoms with Gasteiger partial charge in [-0.2, -0.15) is 0 Å². The largest absolute Gasteiger partial charge is 0.465 e. The van der Waals surface area contributed by atoms with E-state index in [0.29, 0.717) is 39.0 Å². The van der Waals surface area contributed by atoms with Gasteiger partial charge in [-0.15, -0.1) is 0 Å². The van der Waals surface area contributed by atoms with Crippen molar-refractivity contribution in [2.45, 2.75) is 45.9 Å². The van der Waals surface area contributed by atoms with Crippen molar-refractivity contribution in [1.29, 1.82) is 0 Å². The first-order valence-corrected chi connectivity index (χ1v) is 6.84. The van der Waals surface area contributed by atoms with Crippen molar-refractivity contribution in [2.24, 2.45) is 0 Å². The Morgan fingerprint density at radius 3 is 2.22 bits per heavy atom. The topological polar surface area (TPSA) is 48.0 Å². The highest BCUT2D eigenvalue weighted by Gasteiger charge is 2.32. The Hall–Kier alpha value is -0.650. The fourth-order valence-corrected chi connectivity index (χ4v) is 1.87. The number of esters is 1. The van der Waals surface area contributed by atoms with Crippen LogP contribution in [0.15, 0.2) is 0 Å². The van der Waals surface area contributed by atoms with Crippen LogP contribution in [0.3, 0.4) is 0 Å². The van der Waals surface area contributed by atoms with Crippen LogP contribution in [0.1, 0.15) is 33.6 Å². The van der Waals surface area contributed by atoms with Crippen LogP contribution in [0.25, 0.3) is 0 Å². The van der Waals surface area contributed by atoms with E-state index in [4.69, 9.17) is 14.2 Å². The van der Waals surface area contributed by atoms with Gasteiger partial charge >= 0.3 is 5.97 Å². The number of rotatable bonds is 10. The Balaban J connectivity index is 2.42. The molecule has 0 aromatic carbocycles. The van der Waals surface area contributed by atoms with Crippen molar-refractivity contribution < 1.29 is 19.0 Å². The summed E-state index contributed by atoms with van der Waals surface area (Å²) in [6, 6.07) is 0.484. The quantitative estimate of drug-likeness (QED) is 0.438.